The van der Waals surface area contributed by atoms with Crippen molar-refractivity contribution in [3.8, 4) is 0 Å². The minimum absolute atomic E-state index is 0.0556. The van der Waals surface area contributed by atoms with Crippen LogP contribution in [0.1, 0.15) is 6.42 Å². The molecule has 7 heavy (non-hydrogen) atoms. The summed E-state index contributed by atoms with van der Waals surface area (Å²) in [5, 5.41) is 19.6. The van der Waals surface area contributed by atoms with Gasteiger partial charge in [-0.2, -0.15) is 0 Å². The van der Waals surface area contributed by atoms with Gasteiger partial charge < -0.3 is 15.5 Å². The Morgan fingerprint density at radius 2 is 2.14 bits per heavy atom. The maximum absolute atomic E-state index is 8.37. The summed E-state index contributed by atoms with van der Waals surface area (Å²) < 4.78 is 0. The first-order chi connectivity index (χ1) is 3.30. The lowest BCUT2D eigenvalue weighted by molar-refractivity contribution is -0.0822. The summed E-state index contributed by atoms with van der Waals surface area (Å²) in [6.07, 6.45) is -0.272. The normalized spacial score (nSPS) is 30.4. The van der Waals surface area contributed by atoms with Crippen molar-refractivity contribution in [3.63, 3.8) is 0 Å². The van der Waals surface area contributed by atoms with E-state index in [0.29, 0.717) is 0 Å². The second kappa shape index (κ2) is 1.78. The van der Waals surface area contributed by atoms with Crippen molar-refractivity contribution in [2.45, 2.75) is 18.8 Å². The van der Waals surface area contributed by atoms with Crippen LogP contribution >= 0.6 is 0 Å². The monoisotopic (exact) mass is 103 g/mol. The average Bonchev–Trinajstić information content (AvgIpc) is 1.23. The van der Waals surface area contributed by atoms with Gasteiger partial charge in [0.15, 0.2) is 6.29 Å². The third kappa shape index (κ3) is 0.907. The van der Waals surface area contributed by atoms with Crippen molar-refractivity contribution in [1.29, 1.82) is 0 Å². The molecule has 0 saturated carbocycles. The molecule has 1 saturated heterocycles. The molecule has 0 radical (unpaired) electrons. The molecule has 0 aromatic carbocycles. The molecular formula is C4H9NO2. The molecule has 3 N–H and O–H groups in total. The van der Waals surface area contributed by atoms with Gasteiger partial charge in [-0.1, -0.05) is 0 Å². The fourth-order valence-corrected chi connectivity index (χ4v) is 0.565. The summed E-state index contributed by atoms with van der Waals surface area (Å²) in [5.74, 6) is 0. The van der Waals surface area contributed by atoms with Crippen LogP contribution < -0.4 is 5.32 Å². The van der Waals surface area contributed by atoms with Gasteiger partial charge in [-0.3, -0.25) is 0 Å². The van der Waals surface area contributed by atoms with E-state index >= 15 is 0 Å². The number of hydrogen-bond acceptors (Lipinski definition) is 3. The Morgan fingerprint density at radius 1 is 1.57 bits per heavy atom. The first-order valence-corrected chi connectivity index (χ1v) is 2.40. The first-order valence-electron chi connectivity index (χ1n) is 2.40. The molecule has 3 nitrogen and oxygen atoms in total. The number of nitrogens with one attached hydrogen (secondary N) is 1. The fourth-order valence-electron chi connectivity index (χ4n) is 0.565. The van der Waals surface area contributed by atoms with Gasteiger partial charge in [-0.15, -0.1) is 0 Å². The van der Waals surface area contributed by atoms with E-state index in [-0.39, 0.29) is 6.04 Å². The van der Waals surface area contributed by atoms with Crippen LogP contribution in [0, 0.1) is 0 Å². The first kappa shape index (κ1) is 5.03. The van der Waals surface area contributed by atoms with Crippen LogP contribution in [0.3, 0.4) is 0 Å². The summed E-state index contributed by atoms with van der Waals surface area (Å²) in [4.78, 5) is 0. The molecule has 0 aromatic rings. The molecule has 0 aromatic heterocycles. The summed E-state index contributed by atoms with van der Waals surface area (Å²) in [5.41, 5.74) is 0. The van der Waals surface area contributed by atoms with Gasteiger partial charge in [0.25, 0.3) is 0 Å². The van der Waals surface area contributed by atoms with Crippen molar-refractivity contribution in [2.24, 2.45) is 0 Å². The predicted molar refractivity (Wildman–Crippen MR) is 24.6 cm³/mol. The molecule has 1 heterocycles. The topological polar surface area (TPSA) is 52.5 Å². The summed E-state index contributed by atoms with van der Waals surface area (Å²) >= 11 is 0. The van der Waals surface area contributed by atoms with Crippen LogP contribution in [-0.2, 0) is 0 Å². The Labute approximate surface area is 42.0 Å². The third-order valence-electron chi connectivity index (χ3n) is 1.22. The molecule has 1 fully saturated rings. The highest BCUT2D eigenvalue weighted by Gasteiger charge is 2.21. The van der Waals surface area contributed by atoms with E-state index in [4.69, 9.17) is 10.2 Å². The van der Waals surface area contributed by atoms with Gasteiger partial charge in [0.2, 0.25) is 0 Å². The number of hydrogen-bond donors (Lipinski definition) is 3. The maximum atomic E-state index is 8.37. The van der Waals surface area contributed by atoms with Gasteiger partial charge in [0.05, 0.1) is 6.04 Å². The molecule has 1 atom stereocenters. The Bertz CT molecular complexity index is 60.7. The molecule has 0 spiro atoms. The van der Waals surface area contributed by atoms with Crippen LogP contribution in [0.25, 0.3) is 0 Å². The average molecular weight is 103 g/mol. The zero-order valence-electron chi connectivity index (χ0n) is 3.96. The standard InChI is InChI=1S/C4H9NO2/c6-4(7)3-1-2-5-3/h3-7H,1-2H2. The molecule has 0 aliphatic carbocycles. The molecule has 1 rings (SSSR count). The van der Waals surface area contributed by atoms with Gasteiger partial charge in [-0.05, 0) is 13.0 Å². The third-order valence-corrected chi connectivity index (χ3v) is 1.22. The van der Waals surface area contributed by atoms with Crippen molar-refractivity contribution in [3.05, 3.63) is 0 Å². The van der Waals surface area contributed by atoms with Crippen molar-refractivity contribution < 1.29 is 10.2 Å². The second-order valence-corrected chi connectivity index (χ2v) is 1.76. The minimum atomic E-state index is -1.16. The highest BCUT2D eigenvalue weighted by atomic mass is 16.5. The maximum Gasteiger partial charge on any atom is 0.167 e. The minimum Gasteiger partial charge on any atom is -0.367 e. The predicted octanol–water partition coefficient (Wildman–Crippen LogP) is -1.34. The smallest absolute Gasteiger partial charge is 0.167 e. The lowest BCUT2D eigenvalue weighted by Gasteiger charge is -2.28. The Balaban J connectivity index is 2.14. The van der Waals surface area contributed by atoms with Crippen LogP contribution in [0.15, 0.2) is 0 Å². The van der Waals surface area contributed by atoms with E-state index < -0.39 is 6.29 Å². The Hall–Kier alpha value is -0.120. The molecule has 1 aliphatic rings. The Morgan fingerprint density at radius 3 is 2.14 bits per heavy atom. The van der Waals surface area contributed by atoms with Crippen LogP contribution in [-0.4, -0.2) is 29.1 Å². The SMILES string of the molecule is OC(O)C1CCN1. The molecule has 0 amide bonds. The molecule has 3 heteroatoms. The highest BCUT2D eigenvalue weighted by Crippen LogP contribution is 2.03. The van der Waals surface area contributed by atoms with Gasteiger partial charge in [0, 0.05) is 0 Å². The molecule has 1 aliphatic heterocycles. The summed E-state index contributed by atoms with van der Waals surface area (Å²) in [7, 11) is 0. The van der Waals surface area contributed by atoms with Crippen LogP contribution in [0.5, 0.6) is 0 Å². The van der Waals surface area contributed by atoms with E-state index in [1.807, 2.05) is 0 Å². The molecule has 0 bridgehead atoms. The van der Waals surface area contributed by atoms with E-state index in [0.717, 1.165) is 13.0 Å². The molecular weight excluding hydrogens is 94.0 g/mol. The zero-order valence-corrected chi connectivity index (χ0v) is 3.96. The van der Waals surface area contributed by atoms with Crippen LogP contribution in [0.2, 0.25) is 0 Å². The molecule has 42 valence electrons. The van der Waals surface area contributed by atoms with Gasteiger partial charge in [-0.25, -0.2) is 0 Å². The van der Waals surface area contributed by atoms with E-state index in [9.17, 15) is 0 Å². The number of rotatable bonds is 1. The molecule has 1 unspecified atom stereocenters. The quantitative estimate of drug-likeness (QED) is 0.360. The second-order valence-electron chi connectivity index (χ2n) is 1.76. The van der Waals surface area contributed by atoms with Gasteiger partial charge >= 0.3 is 0 Å². The summed E-state index contributed by atoms with van der Waals surface area (Å²) in [6.45, 7) is 0.919. The highest BCUT2D eigenvalue weighted by molar-refractivity contribution is 4.78. The fraction of sp³-hybridized carbons (Fsp3) is 1.00. The summed E-state index contributed by atoms with van der Waals surface area (Å²) in [6, 6.07) is -0.0556. The van der Waals surface area contributed by atoms with Crippen molar-refractivity contribution >= 4 is 0 Å². The van der Waals surface area contributed by atoms with Crippen molar-refractivity contribution in [2.75, 3.05) is 6.54 Å². The number of aliphatic hydroxyl groups excluding tert-OH is 1. The lowest BCUT2D eigenvalue weighted by atomic mass is 10.1. The zero-order chi connectivity index (χ0) is 5.28. The Kier molecular flexibility index (Phi) is 1.27. The van der Waals surface area contributed by atoms with Crippen molar-refractivity contribution in [1.82, 2.24) is 5.32 Å². The van der Waals surface area contributed by atoms with Gasteiger partial charge in [0.1, 0.15) is 0 Å². The van der Waals surface area contributed by atoms with E-state index in [1.54, 1.807) is 0 Å². The van der Waals surface area contributed by atoms with E-state index in [2.05, 4.69) is 5.32 Å². The largest absolute Gasteiger partial charge is 0.367 e. The van der Waals surface area contributed by atoms with E-state index in [1.165, 1.54) is 0 Å². The number of aliphatic hydroxyl groups is 2. The van der Waals surface area contributed by atoms with Crippen LogP contribution in [0.4, 0.5) is 0 Å². The lowest BCUT2D eigenvalue weighted by Crippen LogP contribution is -2.50.